The minimum atomic E-state index is -3.89. The van der Waals surface area contributed by atoms with Gasteiger partial charge in [0.05, 0.1) is 24.0 Å². The summed E-state index contributed by atoms with van der Waals surface area (Å²) in [5.41, 5.74) is 0.233. The number of aromatic carboxylic acids is 1. The average Bonchev–Trinajstić information content (AvgIpc) is 3.07. The van der Waals surface area contributed by atoms with Gasteiger partial charge >= 0.3 is 5.97 Å². The standard InChI is InChI=1S/C16H24N2O6S/c1-11(10-23-2)18-14-6-5-12(16(19)20)8-15(14)25(21,22)17-9-13-4-3-7-24-13/h5-6,8,11,13,17-18H,3-4,7,9-10H2,1-2H3,(H,19,20)/t11-,13+/m1/s1. The van der Waals surface area contributed by atoms with E-state index in [9.17, 15) is 13.2 Å². The van der Waals surface area contributed by atoms with Crippen molar-refractivity contribution in [2.24, 2.45) is 0 Å². The fourth-order valence-electron chi connectivity index (χ4n) is 2.64. The summed E-state index contributed by atoms with van der Waals surface area (Å²) in [6.07, 6.45) is 1.55. The quantitative estimate of drug-likeness (QED) is 0.598. The molecule has 1 aromatic rings. The Labute approximate surface area is 147 Å². The van der Waals surface area contributed by atoms with Crippen LogP contribution in [0.4, 0.5) is 5.69 Å². The van der Waals surface area contributed by atoms with Gasteiger partial charge in [-0.15, -0.1) is 0 Å². The van der Waals surface area contributed by atoms with Gasteiger partial charge in [-0.25, -0.2) is 17.9 Å². The van der Waals surface area contributed by atoms with Gasteiger partial charge in [0, 0.05) is 26.3 Å². The lowest BCUT2D eigenvalue weighted by Crippen LogP contribution is -2.33. The molecule has 9 heteroatoms. The van der Waals surface area contributed by atoms with Gasteiger partial charge in [0.1, 0.15) is 4.90 Å². The van der Waals surface area contributed by atoms with Gasteiger partial charge in [0.2, 0.25) is 10.0 Å². The first-order valence-corrected chi connectivity index (χ1v) is 9.56. The molecular weight excluding hydrogens is 348 g/mol. The molecular formula is C16H24N2O6S. The molecule has 1 aliphatic heterocycles. The summed E-state index contributed by atoms with van der Waals surface area (Å²) in [5.74, 6) is -1.19. The molecule has 0 bridgehead atoms. The van der Waals surface area contributed by atoms with E-state index in [1.165, 1.54) is 12.1 Å². The van der Waals surface area contributed by atoms with E-state index < -0.39 is 16.0 Å². The number of carboxylic acids is 1. The molecule has 2 rings (SSSR count). The SMILES string of the molecule is COC[C@@H](C)Nc1ccc(C(=O)O)cc1S(=O)(=O)NC[C@@H]1CCCO1. The van der Waals surface area contributed by atoms with Crippen LogP contribution in [0.15, 0.2) is 23.1 Å². The zero-order valence-corrected chi connectivity index (χ0v) is 15.1. The van der Waals surface area contributed by atoms with Crippen LogP contribution in [0, 0.1) is 0 Å². The van der Waals surface area contributed by atoms with Gasteiger partial charge in [-0.1, -0.05) is 0 Å². The van der Waals surface area contributed by atoms with Crippen molar-refractivity contribution >= 4 is 21.7 Å². The summed E-state index contributed by atoms with van der Waals surface area (Å²) >= 11 is 0. The Bertz CT molecular complexity index is 701. The van der Waals surface area contributed by atoms with E-state index in [1.54, 1.807) is 7.11 Å². The number of sulfonamides is 1. The zero-order chi connectivity index (χ0) is 18.4. The second kappa shape index (κ2) is 8.61. The van der Waals surface area contributed by atoms with Gasteiger partial charge in [0.15, 0.2) is 0 Å². The van der Waals surface area contributed by atoms with Crippen LogP contribution in [-0.2, 0) is 19.5 Å². The highest BCUT2D eigenvalue weighted by molar-refractivity contribution is 7.89. The monoisotopic (exact) mass is 372 g/mol. The second-order valence-electron chi connectivity index (χ2n) is 6.00. The molecule has 1 aliphatic rings. The largest absolute Gasteiger partial charge is 0.478 e. The van der Waals surface area contributed by atoms with Crippen molar-refractivity contribution in [2.75, 3.05) is 32.2 Å². The number of ether oxygens (including phenoxy) is 2. The zero-order valence-electron chi connectivity index (χ0n) is 14.3. The molecule has 2 atom stereocenters. The molecule has 0 aliphatic carbocycles. The van der Waals surface area contributed by atoms with Crippen molar-refractivity contribution in [3.63, 3.8) is 0 Å². The number of rotatable bonds is 9. The second-order valence-corrected chi connectivity index (χ2v) is 7.74. The van der Waals surface area contributed by atoms with Crippen molar-refractivity contribution in [1.82, 2.24) is 4.72 Å². The number of anilines is 1. The van der Waals surface area contributed by atoms with Crippen LogP contribution in [0.1, 0.15) is 30.1 Å². The lowest BCUT2D eigenvalue weighted by Gasteiger charge is -2.19. The molecule has 0 radical (unpaired) electrons. The first-order chi connectivity index (χ1) is 11.8. The van der Waals surface area contributed by atoms with Crippen LogP contribution < -0.4 is 10.0 Å². The van der Waals surface area contributed by atoms with Gasteiger partial charge < -0.3 is 19.9 Å². The molecule has 1 saturated heterocycles. The van der Waals surface area contributed by atoms with Crippen molar-refractivity contribution in [3.05, 3.63) is 23.8 Å². The number of carboxylic acid groups (broad SMARTS) is 1. The maximum absolute atomic E-state index is 12.7. The Morgan fingerprint density at radius 1 is 1.48 bits per heavy atom. The topological polar surface area (TPSA) is 114 Å². The smallest absolute Gasteiger partial charge is 0.335 e. The van der Waals surface area contributed by atoms with Crippen LogP contribution in [0.5, 0.6) is 0 Å². The summed E-state index contributed by atoms with van der Waals surface area (Å²) in [6.45, 7) is 3.00. The van der Waals surface area contributed by atoms with E-state index in [0.29, 0.717) is 18.9 Å². The fraction of sp³-hybridized carbons (Fsp3) is 0.562. The third-order valence-electron chi connectivity index (χ3n) is 3.86. The van der Waals surface area contributed by atoms with Crippen molar-refractivity contribution in [1.29, 1.82) is 0 Å². The van der Waals surface area contributed by atoms with Crippen LogP contribution >= 0.6 is 0 Å². The number of carbonyl (C=O) groups is 1. The Hall–Kier alpha value is -1.68. The van der Waals surface area contributed by atoms with Gasteiger partial charge in [0.25, 0.3) is 0 Å². The Morgan fingerprint density at radius 3 is 2.84 bits per heavy atom. The highest BCUT2D eigenvalue weighted by Gasteiger charge is 2.24. The molecule has 1 aromatic carbocycles. The van der Waals surface area contributed by atoms with Gasteiger partial charge in [-0.05, 0) is 38.0 Å². The minimum Gasteiger partial charge on any atom is -0.478 e. The van der Waals surface area contributed by atoms with E-state index in [2.05, 4.69) is 10.0 Å². The predicted molar refractivity (Wildman–Crippen MR) is 92.5 cm³/mol. The Balaban J connectivity index is 2.26. The van der Waals surface area contributed by atoms with E-state index in [0.717, 1.165) is 18.9 Å². The number of nitrogens with one attached hydrogen (secondary N) is 2. The lowest BCUT2D eigenvalue weighted by molar-refractivity contribution is 0.0696. The lowest BCUT2D eigenvalue weighted by atomic mass is 10.2. The molecule has 1 fully saturated rings. The predicted octanol–water partition coefficient (Wildman–Crippen LogP) is 1.29. The van der Waals surface area contributed by atoms with Crippen LogP contribution in [0.3, 0.4) is 0 Å². The molecule has 140 valence electrons. The van der Waals surface area contributed by atoms with Crippen molar-refractivity contribution < 1.29 is 27.8 Å². The Morgan fingerprint density at radius 2 is 2.24 bits per heavy atom. The molecule has 25 heavy (non-hydrogen) atoms. The van der Waals surface area contributed by atoms with E-state index in [-0.39, 0.29) is 29.1 Å². The van der Waals surface area contributed by atoms with Gasteiger partial charge in [-0.2, -0.15) is 0 Å². The molecule has 0 spiro atoms. The maximum Gasteiger partial charge on any atom is 0.335 e. The van der Waals surface area contributed by atoms with Crippen LogP contribution in [-0.4, -0.2) is 58.5 Å². The molecule has 0 amide bonds. The highest BCUT2D eigenvalue weighted by Crippen LogP contribution is 2.24. The molecule has 1 heterocycles. The first kappa shape index (κ1) is 19.6. The number of hydrogen-bond acceptors (Lipinski definition) is 6. The van der Waals surface area contributed by atoms with Crippen molar-refractivity contribution in [3.8, 4) is 0 Å². The maximum atomic E-state index is 12.7. The van der Waals surface area contributed by atoms with Crippen LogP contribution in [0.25, 0.3) is 0 Å². The highest BCUT2D eigenvalue weighted by atomic mass is 32.2. The van der Waals surface area contributed by atoms with Crippen LogP contribution in [0.2, 0.25) is 0 Å². The summed E-state index contributed by atoms with van der Waals surface area (Å²) < 4.78 is 38.4. The molecule has 0 saturated carbocycles. The number of benzene rings is 1. The third-order valence-corrected chi connectivity index (χ3v) is 5.33. The molecule has 0 unspecified atom stereocenters. The summed E-state index contributed by atoms with van der Waals surface area (Å²) in [4.78, 5) is 11.1. The molecule has 0 aromatic heterocycles. The number of hydrogen-bond donors (Lipinski definition) is 3. The summed E-state index contributed by atoms with van der Waals surface area (Å²) in [6, 6.07) is 3.83. The first-order valence-electron chi connectivity index (χ1n) is 8.07. The summed E-state index contributed by atoms with van der Waals surface area (Å²) in [7, 11) is -2.34. The van der Waals surface area contributed by atoms with E-state index >= 15 is 0 Å². The van der Waals surface area contributed by atoms with E-state index in [4.69, 9.17) is 14.6 Å². The fourth-order valence-corrected chi connectivity index (χ4v) is 3.90. The summed E-state index contributed by atoms with van der Waals surface area (Å²) in [5, 5.41) is 12.2. The minimum absolute atomic E-state index is 0.0950. The average molecular weight is 372 g/mol. The Kier molecular flexibility index (Phi) is 6.77. The third kappa shape index (κ3) is 5.40. The molecule has 3 N–H and O–H groups in total. The number of methoxy groups -OCH3 is 1. The normalized spacial score (nSPS) is 18.9. The van der Waals surface area contributed by atoms with Crippen molar-refractivity contribution in [2.45, 2.75) is 36.8 Å². The van der Waals surface area contributed by atoms with Gasteiger partial charge in [-0.3, -0.25) is 0 Å². The molecule has 8 nitrogen and oxygen atoms in total. The van der Waals surface area contributed by atoms with E-state index in [1.807, 2.05) is 6.92 Å².